The first-order valence-electron chi connectivity index (χ1n) is 16.0. The van der Waals surface area contributed by atoms with E-state index < -0.39 is 0 Å². The van der Waals surface area contributed by atoms with Gasteiger partial charge in [-0.2, -0.15) is 0 Å². The van der Waals surface area contributed by atoms with Crippen molar-refractivity contribution in [3.63, 3.8) is 0 Å². The summed E-state index contributed by atoms with van der Waals surface area (Å²) in [6, 6.07) is 54.3. The Bertz CT molecular complexity index is 2720. The molecule has 0 aliphatic carbocycles. The van der Waals surface area contributed by atoms with Crippen LogP contribution in [0, 0.1) is 0 Å². The molecule has 3 aromatic heterocycles. The molecule has 0 atom stereocenters. The molecule has 5 heteroatoms. The second kappa shape index (κ2) is 10.5. The summed E-state index contributed by atoms with van der Waals surface area (Å²) >= 11 is 0. The number of furan rings is 1. The average molecular weight is 615 g/mol. The van der Waals surface area contributed by atoms with Crippen molar-refractivity contribution in [3.05, 3.63) is 158 Å². The third kappa shape index (κ3) is 4.01. The average Bonchev–Trinajstić information content (AvgIpc) is 3.71. The lowest BCUT2D eigenvalue weighted by atomic mass is 9.98. The van der Waals surface area contributed by atoms with Gasteiger partial charge in [0.2, 0.25) is 0 Å². The highest BCUT2D eigenvalue weighted by atomic mass is 16.3. The fraction of sp³-hybridized carbons (Fsp3) is 0. The monoisotopic (exact) mass is 614 g/mol. The molecule has 224 valence electrons. The molecule has 10 aromatic rings. The molecule has 5 nitrogen and oxygen atoms in total. The second-order valence-electron chi connectivity index (χ2n) is 12.0. The van der Waals surface area contributed by atoms with E-state index in [4.69, 9.17) is 19.4 Å². The molecule has 0 aliphatic heterocycles. The van der Waals surface area contributed by atoms with Crippen LogP contribution in [0.25, 0.3) is 94.4 Å². The van der Waals surface area contributed by atoms with Gasteiger partial charge in [0.1, 0.15) is 11.2 Å². The van der Waals surface area contributed by atoms with Crippen LogP contribution in [-0.4, -0.2) is 19.5 Å². The van der Waals surface area contributed by atoms with Gasteiger partial charge in [-0.3, -0.25) is 0 Å². The van der Waals surface area contributed by atoms with Gasteiger partial charge < -0.3 is 8.98 Å². The van der Waals surface area contributed by atoms with Crippen LogP contribution >= 0.6 is 0 Å². The molecule has 10 rings (SSSR count). The predicted octanol–water partition coefficient (Wildman–Crippen LogP) is 11.0. The van der Waals surface area contributed by atoms with E-state index in [1.54, 1.807) is 0 Å². The zero-order chi connectivity index (χ0) is 31.6. The highest BCUT2D eigenvalue weighted by Gasteiger charge is 2.22. The van der Waals surface area contributed by atoms with Crippen LogP contribution in [0.4, 0.5) is 0 Å². The normalized spacial score (nSPS) is 11.8. The Kier molecular flexibility index (Phi) is 5.81. The molecular formula is C43H26N4O. The molecule has 0 fully saturated rings. The number of rotatable bonds is 4. The lowest BCUT2D eigenvalue weighted by Gasteiger charge is -2.15. The lowest BCUT2D eigenvalue weighted by molar-refractivity contribution is 0.672. The Morgan fingerprint density at radius 3 is 1.58 bits per heavy atom. The summed E-state index contributed by atoms with van der Waals surface area (Å²) in [5.41, 5.74) is 7.78. The van der Waals surface area contributed by atoms with E-state index in [2.05, 4.69) is 89.5 Å². The molecule has 0 amide bonds. The summed E-state index contributed by atoms with van der Waals surface area (Å²) in [5.74, 6) is 1.87. The van der Waals surface area contributed by atoms with Gasteiger partial charge in [-0.05, 0) is 35.7 Å². The van der Waals surface area contributed by atoms with Crippen molar-refractivity contribution in [1.29, 1.82) is 0 Å². The van der Waals surface area contributed by atoms with E-state index in [-0.39, 0.29) is 0 Å². The van der Waals surface area contributed by atoms with Gasteiger partial charge in [-0.25, -0.2) is 15.0 Å². The zero-order valence-corrected chi connectivity index (χ0v) is 25.7. The van der Waals surface area contributed by atoms with Crippen LogP contribution in [0.2, 0.25) is 0 Å². The van der Waals surface area contributed by atoms with Crippen molar-refractivity contribution >= 4 is 54.5 Å². The Morgan fingerprint density at radius 2 is 0.938 bits per heavy atom. The maximum Gasteiger partial charge on any atom is 0.164 e. The second-order valence-corrected chi connectivity index (χ2v) is 12.0. The molecule has 0 spiro atoms. The summed E-state index contributed by atoms with van der Waals surface area (Å²) in [5, 5.41) is 6.50. The van der Waals surface area contributed by atoms with Crippen molar-refractivity contribution in [2.75, 3.05) is 0 Å². The van der Waals surface area contributed by atoms with Crippen LogP contribution in [0.1, 0.15) is 0 Å². The first-order chi connectivity index (χ1) is 23.8. The van der Waals surface area contributed by atoms with Crippen LogP contribution < -0.4 is 0 Å². The topological polar surface area (TPSA) is 56.7 Å². The third-order valence-electron chi connectivity index (χ3n) is 9.24. The van der Waals surface area contributed by atoms with E-state index >= 15 is 0 Å². The van der Waals surface area contributed by atoms with Crippen molar-refractivity contribution in [1.82, 2.24) is 19.5 Å². The molecule has 0 unspecified atom stereocenters. The molecule has 7 aromatic carbocycles. The van der Waals surface area contributed by atoms with Gasteiger partial charge in [0.15, 0.2) is 17.5 Å². The minimum Gasteiger partial charge on any atom is -0.455 e. The molecular weight excluding hydrogens is 589 g/mol. The van der Waals surface area contributed by atoms with E-state index in [1.807, 2.05) is 72.8 Å². The quantitative estimate of drug-likeness (QED) is 0.198. The predicted molar refractivity (Wildman–Crippen MR) is 195 cm³/mol. The molecule has 0 bridgehead atoms. The van der Waals surface area contributed by atoms with E-state index in [0.717, 1.165) is 66.1 Å². The first-order valence-corrected chi connectivity index (χ1v) is 16.0. The zero-order valence-electron chi connectivity index (χ0n) is 25.7. The number of nitrogens with zero attached hydrogens (tertiary/aromatic N) is 4. The highest BCUT2D eigenvalue weighted by molar-refractivity contribution is 6.22. The van der Waals surface area contributed by atoms with Crippen molar-refractivity contribution in [2.45, 2.75) is 0 Å². The number of para-hydroxylation sites is 3. The standard InChI is InChI=1S/C43H26N4O/c1-3-14-27(15-4-1)41-44-42(28-16-5-2-6-17-28)46-43(45-41)34-26-33-31-20-9-12-25-38(31)48-40(33)39-32(34)21-13-24-37(39)47-35-22-10-7-18-29(35)30-19-8-11-23-36(30)47/h1-26H. The fourth-order valence-electron chi connectivity index (χ4n) is 7.10. The molecule has 0 radical (unpaired) electrons. The van der Waals surface area contributed by atoms with Crippen LogP contribution in [-0.2, 0) is 0 Å². The molecule has 0 saturated heterocycles. The molecule has 0 N–H and O–H groups in total. The number of hydrogen-bond acceptors (Lipinski definition) is 4. The largest absolute Gasteiger partial charge is 0.455 e. The maximum absolute atomic E-state index is 6.74. The summed E-state index contributed by atoms with van der Waals surface area (Å²) in [6.07, 6.45) is 0. The number of fused-ring (bicyclic) bond motifs is 8. The maximum atomic E-state index is 6.74. The van der Waals surface area contributed by atoms with Crippen molar-refractivity contribution in [2.24, 2.45) is 0 Å². The van der Waals surface area contributed by atoms with Gasteiger partial charge in [0.25, 0.3) is 0 Å². The lowest BCUT2D eigenvalue weighted by Crippen LogP contribution is -2.01. The molecule has 3 heterocycles. The van der Waals surface area contributed by atoms with Gasteiger partial charge in [0.05, 0.1) is 16.7 Å². The Hall–Kier alpha value is -6.59. The molecule has 0 aliphatic rings. The highest BCUT2D eigenvalue weighted by Crippen LogP contribution is 2.43. The van der Waals surface area contributed by atoms with Gasteiger partial charge in [0, 0.05) is 43.6 Å². The van der Waals surface area contributed by atoms with Crippen LogP contribution in [0.5, 0.6) is 0 Å². The van der Waals surface area contributed by atoms with Crippen molar-refractivity contribution in [3.8, 4) is 39.9 Å². The SMILES string of the molecule is c1ccc(-c2nc(-c3ccccc3)nc(-c3cc4c5ccccc5oc4c4c(-n5c6ccccc6c6ccccc65)cccc34)n2)cc1. The molecule has 0 saturated carbocycles. The Morgan fingerprint density at radius 1 is 0.417 bits per heavy atom. The molecule has 48 heavy (non-hydrogen) atoms. The minimum atomic E-state index is 0.610. The third-order valence-corrected chi connectivity index (χ3v) is 9.24. The van der Waals surface area contributed by atoms with E-state index in [9.17, 15) is 0 Å². The van der Waals surface area contributed by atoms with Gasteiger partial charge >= 0.3 is 0 Å². The van der Waals surface area contributed by atoms with Crippen LogP contribution in [0.15, 0.2) is 162 Å². The Balaban J connectivity index is 1.36. The Labute approximate surface area is 275 Å². The minimum absolute atomic E-state index is 0.610. The summed E-state index contributed by atoms with van der Waals surface area (Å²) in [4.78, 5) is 15.3. The smallest absolute Gasteiger partial charge is 0.164 e. The van der Waals surface area contributed by atoms with Crippen molar-refractivity contribution < 1.29 is 4.42 Å². The number of benzene rings is 7. The van der Waals surface area contributed by atoms with E-state index in [1.165, 1.54) is 10.8 Å². The first kappa shape index (κ1) is 26.6. The number of aromatic nitrogens is 4. The fourth-order valence-corrected chi connectivity index (χ4v) is 7.10. The summed E-state index contributed by atoms with van der Waals surface area (Å²) in [7, 11) is 0. The summed E-state index contributed by atoms with van der Waals surface area (Å²) < 4.78 is 9.10. The number of hydrogen-bond donors (Lipinski definition) is 0. The van der Waals surface area contributed by atoms with E-state index in [0.29, 0.717) is 17.5 Å². The van der Waals surface area contributed by atoms with Crippen LogP contribution in [0.3, 0.4) is 0 Å². The summed E-state index contributed by atoms with van der Waals surface area (Å²) in [6.45, 7) is 0. The van der Waals surface area contributed by atoms with Gasteiger partial charge in [-0.15, -0.1) is 0 Å². The van der Waals surface area contributed by atoms with Gasteiger partial charge in [-0.1, -0.05) is 127 Å².